The molecule has 15 heteroatoms. The predicted octanol–water partition coefficient (Wildman–Crippen LogP) is 4.25. The maximum absolute atomic E-state index is 13.4. The summed E-state index contributed by atoms with van der Waals surface area (Å²) in [5.74, 6) is -37.4. The lowest BCUT2D eigenvalue weighted by molar-refractivity contribution is -0.441. The summed E-state index contributed by atoms with van der Waals surface area (Å²) in [5, 5.41) is 17.6. The minimum Gasteiger partial charge on any atom is -0.396 e. The zero-order chi connectivity index (χ0) is 21.6. The molecular weight excluding hydrogens is 411 g/mol. The van der Waals surface area contributed by atoms with Gasteiger partial charge in [0.25, 0.3) is 0 Å². The first-order valence-electron chi connectivity index (χ1n) is 6.31. The SMILES string of the molecule is CC(O)(CCO)CC(F)(F)C(F)(F)C(F)(F)C(F)(F)C(F)(F)C(F)(F)F. The van der Waals surface area contributed by atoms with Crippen LogP contribution in [0.4, 0.5) is 57.1 Å². The number of hydrogen-bond donors (Lipinski definition) is 2. The molecule has 0 rings (SSSR count). The van der Waals surface area contributed by atoms with E-state index >= 15 is 0 Å². The van der Waals surface area contributed by atoms with E-state index in [2.05, 4.69) is 0 Å². The van der Waals surface area contributed by atoms with Crippen molar-refractivity contribution in [3.63, 3.8) is 0 Å². The number of aliphatic hydroxyl groups is 2. The minimum atomic E-state index is -7.96. The molecule has 0 fully saturated rings. The second-order valence-corrected chi connectivity index (χ2v) is 5.65. The van der Waals surface area contributed by atoms with Gasteiger partial charge in [-0.1, -0.05) is 0 Å². The van der Waals surface area contributed by atoms with Crippen molar-refractivity contribution in [1.82, 2.24) is 0 Å². The molecule has 0 saturated heterocycles. The van der Waals surface area contributed by atoms with Crippen LogP contribution in [-0.4, -0.2) is 58.2 Å². The van der Waals surface area contributed by atoms with Gasteiger partial charge in [-0.2, -0.15) is 57.1 Å². The molecule has 0 saturated carbocycles. The van der Waals surface area contributed by atoms with E-state index < -0.39 is 60.8 Å². The maximum Gasteiger partial charge on any atom is 0.460 e. The second kappa shape index (κ2) is 6.56. The van der Waals surface area contributed by atoms with Crippen molar-refractivity contribution in [2.45, 2.75) is 61.2 Å². The van der Waals surface area contributed by atoms with Crippen molar-refractivity contribution in [3.05, 3.63) is 0 Å². The molecule has 0 amide bonds. The molecule has 0 aromatic rings. The Morgan fingerprint density at radius 1 is 0.615 bits per heavy atom. The van der Waals surface area contributed by atoms with E-state index in [-0.39, 0.29) is 6.92 Å². The van der Waals surface area contributed by atoms with Gasteiger partial charge in [0, 0.05) is 13.0 Å². The van der Waals surface area contributed by atoms with Crippen molar-refractivity contribution in [1.29, 1.82) is 0 Å². The van der Waals surface area contributed by atoms with Gasteiger partial charge in [-0.15, -0.1) is 0 Å². The molecule has 0 aromatic heterocycles. The Hall–Kier alpha value is -0.990. The molecule has 0 aliphatic rings. The molecule has 0 aromatic carbocycles. The minimum absolute atomic E-state index is 0.286. The summed E-state index contributed by atoms with van der Waals surface area (Å²) in [6, 6.07) is 0. The molecule has 0 heterocycles. The topological polar surface area (TPSA) is 40.5 Å². The highest BCUT2D eigenvalue weighted by Crippen LogP contribution is 2.61. The van der Waals surface area contributed by atoms with Crippen molar-refractivity contribution in [2.24, 2.45) is 0 Å². The van der Waals surface area contributed by atoms with E-state index in [1.807, 2.05) is 0 Å². The summed E-state index contributed by atoms with van der Waals surface area (Å²) in [7, 11) is 0. The molecule has 26 heavy (non-hydrogen) atoms. The summed E-state index contributed by atoms with van der Waals surface area (Å²) in [5.41, 5.74) is -3.07. The Morgan fingerprint density at radius 2 is 0.962 bits per heavy atom. The van der Waals surface area contributed by atoms with Gasteiger partial charge < -0.3 is 10.2 Å². The van der Waals surface area contributed by atoms with Crippen LogP contribution in [0.2, 0.25) is 0 Å². The van der Waals surface area contributed by atoms with Crippen LogP contribution in [0, 0.1) is 0 Å². The van der Waals surface area contributed by atoms with Crippen LogP contribution in [0.5, 0.6) is 0 Å². The van der Waals surface area contributed by atoms with E-state index in [4.69, 9.17) is 5.11 Å². The Kier molecular flexibility index (Phi) is 6.31. The molecule has 0 radical (unpaired) electrons. The number of alkyl halides is 13. The van der Waals surface area contributed by atoms with Gasteiger partial charge in [-0.3, -0.25) is 0 Å². The molecular formula is C11H11F13O2. The van der Waals surface area contributed by atoms with Gasteiger partial charge in [0.2, 0.25) is 0 Å². The fourth-order valence-corrected chi connectivity index (χ4v) is 1.72. The zero-order valence-electron chi connectivity index (χ0n) is 12.4. The third-order valence-electron chi connectivity index (χ3n) is 3.25. The predicted molar refractivity (Wildman–Crippen MR) is 57.7 cm³/mol. The Labute approximate surface area is 136 Å². The number of hydrogen-bond acceptors (Lipinski definition) is 2. The third kappa shape index (κ3) is 3.82. The van der Waals surface area contributed by atoms with Crippen LogP contribution < -0.4 is 0 Å². The van der Waals surface area contributed by atoms with Crippen molar-refractivity contribution >= 4 is 0 Å². The normalized spacial score (nSPS) is 18.0. The van der Waals surface area contributed by atoms with Crippen LogP contribution in [0.25, 0.3) is 0 Å². The first kappa shape index (κ1) is 25.0. The lowest BCUT2D eigenvalue weighted by atomic mass is 9.86. The average molecular weight is 422 g/mol. The molecule has 2 N–H and O–H groups in total. The first-order chi connectivity index (χ1) is 11.0. The fourth-order valence-electron chi connectivity index (χ4n) is 1.72. The average Bonchev–Trinajstić information content (AvgIpc) is 2.34. The maximum atomic E-state index is 13.4. The summed E-state index contributed by atoms with van der Waals surface area (Å²) < 4.78 is 166. The smallest absolute Gasteiger partial charge is 0.396 e. The van der Waals surface area contributed by atoms with E-state index in [1.165, 1.54) is 0 Å². The summed E-state index contributed by atoms with van der Waals surface area (Å²) in [6.45, 7) is -0.874. The standard InChI is InChI=1S/C11H11F13O2/c1-5(26,2-3-25)4-6(12,13)7(14,15)8(16,17)9(18,19)10(20,21)11(22,23)24/h25-26H,2-4H2,1H3. The summed E-state index contributed by atoms with van der Waals surface area (Å²) in [6.07, 6.45) is -11.4. The Bertz CT molecular complexity index is 495. The lowest BCUT2D eigenvalue weighted by Crippen LogP contribution is -2.70. The van der Waals surface area contributed by atoms with Gasteiger partial charge in [-0.25, -0.2) is 0 Å². The van der Waals surface area contributed by atoms with Crippen molar-refractivity contribution < 1.29 is 67.3 Å². The van der Waals surface area contributed by atoms with Crippen LogP contribution in [0.15, 0.2) is 0 Å². The highest BCUT2D eigenvalue weighted by Gasteiger charge is 2.90. The molecule has 1 atom stereocenters. The largest absolute Gasteiger partial charge is 0.460 e. The number of aliphatic hydroxyl groups excluding tert-OH is 1. The fraction of sp³-hybridized carbons (Fsp3) is 1.00. The first-order valence-corrected chi connectivity index (χ1v) is 6.31. The molecule has 2 nitrogen and oxygen atoms in total. The molecule has 0 bridgehead atoms. The molecule has 0 spiro atoms. The van der Waals surface area contributed by atoms with E-state index in [1.54, 1.807) is 0 Å². The summed E-state index contributed by atoms with van der Waals surface area (Å²) >= 11 is 0. The summed E-state index contributed by atoms with van der Waals surface area (Å²) in [4.78, 5) is 0. The van der Waals surface area contributed by atoms with Crippen molar-refractivity contribution in [2.75, 3.05) is 6.61 Å². The second-order valence-electron chi connectivity index (χ2n) is 5.65. The van der Waals surface area contributed by atoms with Crippen LogP contribution in [-0.2, 0) is 0 Å². The van der Waals surface area contributed by atoms with Gasteiger partial charge in [-0.05, 0) is 13.3 Å². The number of rotatable bonds is 8. The molecule has 158 valence electrons. The molecule has 1 unspecified atom stereocenters. The van der Waals surface area contributed by atoms with E-state index in [0.717, 1.165) is 0 Å². The highest BCUT2D eigenvalue weighted by atomic mass is 19.4. The van der Waals surface area contributed by atoms with Gasteiger partial charge in [0.15, 0.2) is 0 Å². The Morgan fingerprint density at radius 3 is 1.27 bits per heavy atom. The van der Waals surface area contributed by atoms with Gasteiger partial charge >= 0.3 is 35.8 Å². The van der Waals surface area contributed by atoms with Gasteiger partial charge in [0.1, 0.15) is 0 Å². The quantitative estimate of drug-likeness (QED) is 0.575. The van der Waals surface area contributed by atoms with E-state index in [0.29, 0.717) is 0 Å². The van der Waals surface area contributed by atoms with Crippen LogP contribution in [0.1, 0.15) is 19.8 Å². The van der Waals surface area contributed by atoms with Gasteiger partial charge in [0.05, 0.1) is 5.60 Å². The monoisotopic (exact) mass is 422 g/mol. The van der Waals surface area contributed by atoms with Crippen LogP contribution in [0.3, 0.4) is 0 Å². The highest BCUT2D eigenvalue weighted by molar-refractivity contribution is 5.11. The lowest BCUT2D eigenvalue weighted by Gasteiger charge is -2.41. The van der Waals surface area contributed by atoms with Crippen LogP contribution >= 0.6 is 0 Å². The molecule has 0 aliphatic heterocycles. The third-order valence-corrected chi connectivity index (χ3v) is 3.25. The van der Waals surface area contributed by atoms with E-state index in [9.17, 15) is 62.2 Å². The number of halogens is 13. The zero-order valence-corrected chi connectivity index (χ0v) is 12.4. The Balaban J connectivity index is 6.16. The van der Waals surface area contributed by atoms with Crippen molar-refractivity contribution in [3.8, 4) is 0 Å². The molecule has 0 aliphatic carbocycles.